The molecule has 0 aliphatic carbocycles. The number of nitrogens with zero attached hydrogens (tertiary/aromatic N) is 2. The Labute approximate surface area is 383 Å². The van der Waals surface area contributed by atoms with Gasteiger partial charge in [0, 0.05) is 51.5 Å². The van der Waals surface area contributed by atoms with Crippen molar-refractivity contribution in [1.29, 1.82) is 0 Å². The molecule has 0 rings (SSSR count). The molecule has 0 aromatic heterocycles. The molecule has 0 heterocycles. The summed E-state index contributed by atoms with van der Waals surface area (Å²) in [5, 5.41) is 0. The Kier molecular flexibility index (Phi) is 47.4. The van der Waals surface area contributed by atoms with Gasteiger partial charge in [-0.05, 0) is 38.5 Å². The van der Waals surface area contributed by atoms with E-state index in [2.05, 4.69) is 13.8 Å². The van der Waals surface area contributed by atoms with Crippen LogP contribution in [0.3, 0.4) is 0 Å². The molecule has 0 fully saturated rings. The van der Waals surface area contributed by atoms with Crippen molar-refractivity contribution >= 4 is 69.8 Å². The Morgan fingerprint density at radius 1 is 0.368 bits per heavy atom. The fourth-order valence-electron chi connectivity index (χ4n) is 6.83. The minimum atomic E-state index is -4.13. The van der Waals surface area contributed by atoms with Gasteiger partial charge in [-0.2, -0.15) is 0 Å². The quantitative estimate of drug-likeness (QED) is 0.0335. The SMILES string of the molecule is CCCCCCCCCCCCCCCCC(=O)N(C)CCCCS(=O)(=O)[O-].CCCCCCCCCCCCCCCCC(=O)N(C)CCCCS(=O)(=O)[O-].[Ca+2]. The van der Waals surface area contributed by atoms with Gasteiger partial charge in [-0.1, -0.05) is 181 Å². The summed E-state index contributed by atoms with van der Waals surface area (Å²) >= 11 is 0. The zero-order chi connectivity index (χ0) is 42.2. The third kappa shape index (κ3) is 52.1. The molecule has 13 heteroatoms. The smallest absolute Gasteiger partial charge is 0.748 e. The summed E-state index contributed by atoms with van der Waals surface area (Å²) in [6.07, 6.45) is 39.3. The topological polar surface area (TPSA) is 155 Å². The Balaban J connectivity index is -0.00000101. The molecule has 57 heavy (non-hydrogen) atoms. The van der Waals surface area contributed by atoms with E-state index in [1.807, 2.05) is 0 Å². The van der Waals surface area contributed by atoms with Gasteiger partial charge in [0.25, 0.3) is 0 Å². The summed E-state index contributed by atoms with van der Waals surface area (Å²) in [5.41, 5.74) is 0. The zero-order valence-electron chi connectivity index (χ0n) is 37.6. The first-order valence-corrected chi connectivity index (χ1v) is 26.2. The van der Waals surface area contributed by atoms with Crippen molar-refractivity contribution in [3.8, 4) is 0 Å². The van der Waals surface area contributed by atoms with Crippen LogP contribution >= 0.6 is 0 Å². The second-order valence-electron chi connectivity index (χ2n) is 16.3. The van der Waals surface area contributed by atoms with Crippen molar-refractivity contribution in [3.63, 3.8) is 0 Å². The molecule has 0 radical (unpaired) electrons. The van der Waals surface area contributed by atoms with E-state index in [-0.39, 0.29) is 61.1 Å². The molecule has 0 atom stereocenters. The zero-order valence-corrected chi connectivity index (χ0v) is 41.4. The molecule has 0 aliphatic rings. The fourth-order valence-corrected chi connectivity index (χ4v) is 7.94. The maximum absolute atomic E-state index is 12.0. The molecule has 336 valence electrons. The molecular formula is C44H88CaN2O8S2. The molecule has 0 aliphatic heterocycles. The van der Waals surface area contributed by atoms with E-state index in [4.69, 9.17) is 0 Å². The van der Waals surface area contributed by atoms with Crippen LogP contribution in [-0.4, -0.2) is 124 Å². The third-order valence-electron chi connectivity index (χ3n) is 10.6. The first-order chi connectivity index (χ1) is 26.7. The minimum Gasteiger partial charge on any atom is -0.748 e. The van der Waals surface area contributed by atoms with Gasteiger partial charge in [-0.25, -0.2) is 16.8 Å². The molecular weight excluding hydrogens is 789 g/mol. The van der Waals surface area contributed by atoms with Crippen LogP contribution in [0.2, 0.25) is 0 Å². The van der Waals surface area contributed by atoms with Gasteiger partial charge in [0.1, 0.15) is 0 Å². The monoisotopic (exact) mass is 877 g/mol. The molecule has 0 N–H and O–H groups in total. The van der Waals surface area contributed by atoms with Crippen LogP contribution in [-0.2, 0) is 29.8 Å². The van der Waals surface area contributed by atoms with Gasteiger partial charge < -0.3 is 18.9 Å². The summed E-state index contributed by atoms with van der Waals surface area (Å²) in [7, 11) is -4.77. The summed E-state index contributed by atoms with van der Waals surface area (Å²) in [4.78, 5) is 27.3. The predicted octanol–water partition coefficient (Wildman–Crippen LogP) is 10.9. The fraction of sp³-hybridized carbons (Fsp3) is 0.955. The van der Waals surface area contributed by atoms with E-state index in [1.54, 1.807) is 23.9 Å². The maximum Gasteiger partial charge on any atom is 2.00 e. The van der Waals surface area contributed by atoms with Crippen molar-refractivity contribution in [2.75, 3.05) is 38.7 Å². The first-order valence-electron chi connectivity index (χ1n) is 23.1. The number of hydrogen-bond acceptors (Lipinski definition) is 8. The van der Waals surface area contributed by atoms with E-state index in [0.29, 0.717) is 51.6 Å². The van der Waals surface area contributed by atoms with Crippen LogP contribution in [0.25, 0.3) is 0 Å². The van der Waals surface area contributed by atoms with Crippen LogP contribution in [0.5, 0.6) is 0 Å². The number of rotatable bonds is 40. The Morgan fingerprint density at radius 3 is 0.789 bits per heavy atom. The third-order valence-corrected chi connectivity index (χ3v) is 12.2. The van der Waals surface area contributed by atoms with E-state index in [1.165, 1.54) is 154 Å². The standard InChI is InChI=1S/2C22H45NO4S.Ca/c2*1-3-4-5-6-7-8-9-10-11-12-13-14-15-16-19-22(24)23(2)20-17-18-21-28(25,26)27;/h2*3-21H2,1-2H3,(H,25,26,27);/q;;+2/p-2. The molecule has 2 amide bonds. The Hall–Kier alpha value is 0.0197. The largest absolute Gasteiger partial charge is 2.00 e. The van der Waals surface area contributed by atoms with E-state index in [0.717, 1.165) is 25.7 Å². The predicted molar refractivity (Wildman–Crippen MR) is 238 cm³/mol. The second kappa shape index (κ2) is 44.1. The summed E-state index contributed by atoms with van der Waals surface area (Å²) in [5.74, 6) is -0.449. The van der Waals surface area contributed by atoms with Crippen molar-refractivity contribution < 1.29 is 35.5 Å². The van der Waals surface area contributed by atoms with Gasteiger partial charge >= 0.3 is 37.7 Å². The summed E-state index contributed by atoms with van der Waals surface area (Å²) < 4.78 is 63.2. The molecule has 0 unspecified atom stereocenters. The molecule has 0 spiro atoms. The van der Waals surface area contributed by atoms with Crippen LogP contribution in [0.15, 0.2) is 0 Å². The van der Waals surface area contributed by atoms with Gasteiger partial charge in [0.2, 0.25) is 11.8 Å². The number of carbonyl (C=O) groups is 2. The Morgan fingerprint density at radius 2 is 0.579 bits per heavy atom. The van der Waals surface area contributed by atoms with Crippen molar-refractivity contribution in [1.82, 2.24) is 9.80 Å². The van der Waals surface area contributed by atoms with E-state index in [9.17, 15) is 35.5 Å². The minimum absolute atomic E-state index is 0. The molecule has 0 saturated carbocycles. The number of amides is 2. The average molecular weight is 877 g/mol. The normalized spacial score (nSPS) is 11.5. The molecule has 0 bridgehead atoms. The molecule has 0 saturated heterocycles. The van der Waals surface area contributed by atoms with Crippen LogP contribution in [0, 0.1) is 0 Å². The maximum atomic E-state index is 12.0. The van der Waals surface area contributed by atoms with Crippen LogP contribution in [0.4, 0.5) is 0 Å². The number of unbranched alkanes of at least 4 members (excludes halogenated alkanes) is 28. The van der Waals surface area contributed by atoms with Gasteiger partial charge in [-0.3, -0.25) is 9.59 Å². The van der Waals surface area contributed by atoms with Crippen molar-refractivity contribution in [2.45, 2.75) is 232 Å². The number of carbonyl (C=O) groups excluding carboxylic acids is 2. The molecule has 0 aromatic rings. The van der Waals surface area contributed by atoms with Gasteiger partial charge in [0.15, 0.2) is 0 Å². The first kappa shape index (κ1) is 61.3. The van der Waals surface area contributed by atoms with E-state index >= 15 is 0 Å². The molecule has 0 aromatic carbocycles. The second-order valence-corrected chi connectivity index (χ2v) is 19.3. The summed E-state index contributed by atoms with van der Waals surface area (Å²) in [6, 6.07) is 0. The molecule has 10 nitrogen and oxygen atoms in total. The van der Waals surface area contributed by atoms with Crippen molar-refractivity contribution in [3.05, 3.63) is 0 Å². The van der Waals surface area contributed by atoms with Gasteiger partial charge in [-0.15, -0.1) is 0 Å². The van der Waals surface area contributed by atoms with Crippen molar-refractivity contribution in [2.24, 2.45) is 0 Å². The average Bonchev–Trinajstić information content (AvgIpc) is 3.14. The van der Waals surface area contributed by atoms with Crippen LogP contribution in [0.1, 0.15) is 232 Å². The van der Waals surface area contributed by atoms with E-state index < -0.39 is 20.2 Å². The number of hydrogen-bond donors (Lipinski definition) is 0. The van der Waals surface area contributed by atoms with Crippen LogP contribution < -0.4 is 0 Å². The van der Waals surface area contributed by atoms with Gasteiger partial charge in [0.05, 0.1) is 20.2 Å². The summed E-state index contributed by atoms with van der Waals surface area (Å²) in [6.45, 7) is 5.56. The Bertz CT molecular complexity index is 1020.